The molecular formula is C28H27ClN2O5. The van der Waals surface area contributed by atoms with Crippen molar-refractivity contribution < 1.29 is 24.2 Å². The fourth-order valence-electron chi connectivity index (χ4n) is 4.14. The molecule has 1 atom stereocenters. The largest absolute Gasteiger partial charge is 0.507 e. The molecule has 1 fully saturated rings. The molecule has 1 N–H and O–H groups in total. The van der Waals surface area contributed by atoms with Crippen molar-refractivity contribution in [2.75, 3.05) is 13.2 Å². The Morgan fingerprint density at radius 1 is 1.06 bits per heavy atom. The molecular weight excluding hydrogens is 480 g/mol. The minimum absolute atomic E-state index is 0.00381. The molecule has 2 heterocycles. The van der Waals surface area contributed by atoms with Crippen molar-refractivity contribution in [3.63, 3.8) is 0 Å². The highest BCUT2D eigenvalue weighted by Gasteiger charge is 2.46. The molecule has 1 aliphatic heterocycles. The third-order valence-corrected chi connectivity index (χ3v) is 6.03. The number of aliphatic hydroxyl groups excluding tert-OH is 1. The Hall–Kier alpha value is -3.84. The Kier molecular flexibility index (Phi) is 7.90. The Morgan fingerprint density at radius 3 is 2.50 bits per heavy atom. The van der Waals surface area contributed by atoms with Crippen LogP contribution in [0.4, 0.5) is 0 Å². The van der Waals surface area contributed by atoms with Crippen molar-refractivity contribution >= 4 is 29.1 Å². The van der Waals surface area contributed by atoms with Crippen molar-refractivity contribution in [3.05, 3.63) is 94.3 Å². The van der Waals surface area contributed by atoms with Gasteiger partial charge in [-0.2, -0.15) is 0 Å². The van der Waals surface area contributed by atoms with Gasteiger partial charge in [0.05, 0.1) is 24.8 Å². The van der Waals surface area contributed by atoms with Crippen LogP contribution in [0.1, 0.15) is 43.0 Å². The number of hydrogen-bond acceptors (Lipinski definition) is 6. The minimum atomic E-state index is -0.847. The lowest BCUT2D eigenvalue weighted by Crippen LogP contribution is -2.29. The zero-order valence-electron chi connectivity index (χ0n) is 20.1. The van der Waals surface area contributed by atoms with Gasteiger partial charge in [0.15, 0.2) is 11.5 Å². The quantitative estimate of drug-likeness (QED) is 0.233. The highest BCUT2D eigenvalue weighted by atomic mass is 35.5. The maximum atomic E-state index is 13.3. The first-order valence-electron chi connectivity index (χ1n) is 11.8. The number of ether oxygens (including phenoxy) is 2. The molecule has 1 unspecified atom stereocenters. The van der Waals surface area contributed by atoms with Gasteiger partial charge in [0.1, 0.15) is 5.76 Å². The lowest BCUT2D eigenvalue weighted by atomic mass is 9.95. The number of carbonyl (C=O) groups excluding carboxylic acids is 2. The number of aliphatic hydroxyl groups is 1. The second kappa shape index (κ2) is 11.3. The average Bonchev–Trinajstić information content (AvgIpc) is 3.13. The molecule has 7 nitrogen and oxygen atoms in total. The van der Waals surface area contributed by atoms with Crippen LogP contribution in [0, 0.1) is 0 Å². The normalized spacial score (nSPS) is 16.9. The Labute approximate surface area is 214 Å². The van der Waals surface area contributed by atoms with Gasteiger partial charge in [-0.05, 0) is 66.9 Å². The molecule has 8 heteroatoms. The summed E-state index contributed by atoms with van der Waals surface area (Å²) in [6.07, 6.45) is 4.11. The van der Waals surface area contributed by atoms with E-state index in [1.165, 1.54) is 4.90 Å². The van der Waals surface area contributed by atoms with Crippen molar-refractivity contribution in [2.24, 2.45) is 0 Å². The standard InChI is InChI=1S/C28H27ClN2O5/c1-3-14-36-22-12-9-20(15-23(22)35-4-2)25-24(26(32)19-7-10-21(29)11-8-19)27(33)28(34)31(25)17-18-6-5-13-30-16-18/h5-13,15-16,25,32H,3-4,14,17H2,1-2H3. The molecule has 0 bridgehead atoms. The second-order valence-corrected chi connectivity index (χ2v) is 8.72. The van der Waals surface area contributed by atoms with Gasteiger partial charge in [0.2, 0.25) is 0 Å². The first-order chi connectivity index (χ1) is 17.4. The van der Waals surface area contributed by atoms with Crippen LogP contribution in [0.5, 0.6) is 11.5 Å². The van der Waals surface area contributed by atoms with Gasteiger partial charge in [-0.3, -0.25) is 14.6 Å². The van der Waals surface area contributed by atoms with E-state index >= 15 is 0 Å². The molecule has 1 aromatic heterocycles. The molecule has 1 amide bonds. The third kappa shape index (κ3) is 5.21. The van der Waals surface area contributed by atoms with Gasteiger partial charge in [-0.15, -0.1) is 0 Å². The fourth-order valence-corrected chi connectivity index (χ4v) is 4.26. The van der Waals surface area contributed by atoms with E-state index in [9.17, 15) is 14.7 Å². The first-order valence-corrected chi connectivity index (χ1v) is 12.1. The lowest BCUT2D eigenvalue weighted by molar-refractivity contribution is -0.140. The highest BCUT2D eigenvalue weighted by molar-refractivity contribution is 6.46. The summed E-state index contributed by atoms with van der Waals surface area (Å²) in [6.45, 7) is 4.95. The number of carbonyl (C=O) groups is 2. The number of Topliss-reactive ketones (excluding diaryl/α,β-unsaturated/α-hetero) is 1. The molecule has 1 saturated heterocycles. The van der Waals surface area contributed by atoms with E-state index in [0.717, 1.165) is 12.0 Å². The summed E-state index contributed by atoms with van der Waals surface area (Å²) in [4.78, 5) is 32.1. The van der Waals surface area contributed by atoms with E-state index in [2.05, 4.69) is 4.98 Å². The number of likely N-dealkylation sites (tertiary alicyclic amines) is 1. The maximum Gasteiger partial charge on any atom is 0.295 e. The van der Waals surface area contributed by atoms with E-state index in [0.29, 0.717) is 40.9 Å². The maximum absolute atomic E-state index is 13.3. The summed E-state index contributed by atoms with van der Waals surface area (Å²) >= 11 is 6.01. The monoisotopic (exact) mass is 506 g/mol. The smallest absolute Gasteiger partial charge is 0.295 e. The number of hydrogen-bond donors (Lipinski definition) is 1. The fraction of sp³-hybridized carbons (Fsp3) is 0.250. The van der Waals surface area contributed by atoms with Crippen molar-refractivity contribution in [1.82, 2.24) is 9.88 Å². The molecule has 1 aliphatic rings. The summed E-state index contributed by atoms with van der Waals surface area (Å²) in [5.41, 5.74) is 1.75. The van der Waals surface area contributed by atoms with Crippen molar-refractivity contribution in [1.29, 1.82) is 0 Å². The van der Waals surface area contributed by atoms with Gasteiger partial charge in [-0.1, -0.05) is 30.7 Å². The van der Waals surface area contributed by atoms with E-state index in [4.69, 9.17) is 21.1 Å². The number of rotatable bonds is 9. The van der Waals surface area contributed by atoms with Crippen LogP contribution in [0.2, 0.25) is 5.02 Å². The summed E-state index contributed by atoms with van der Waals surface area (Å²) < 4.78 is 11.6. The molecule has 186 valence electrons. The van der Waals surface area contributed by atoms with Gasteiger partial charge >= 0.3 is 0 Å². The topological polar surface area (TPSA) is 89.0 Å². The van der Waals surface area contributed by atoms with E-state index in [-0.39, 0.29) is 17.9 Å². The Bertz CT molecular complexity index is 1270. The number of halogens is 1. The lowest BCUT2D eigenvalue weighted by Gasteiger charge is -2.26. The Morgan fingerprint density at radius 2 is 1.83 bits per heavy atom. The zero-order chi connectivity index (χ0) is 25.7. The third-order valence-electron chi connectivity index (χ3n) is 5.78. The summed E-state index contributed by atoms with van der Waals surface area (Å²) in [7, 11) is 0. The first kappa shape index (κ1) is 25.3. The molecule has 4 rings (SSSR count). The average molecular weight is 507 g/mol. The van der Waals surface area contributed by atoms with Crippen LogP contribution in [0.15, 0.2) is 72.6 Å². The van der Waals surface area contributed by atoms with Crippen molar-refractivity contribution in [2.45, 2.75) is 32.9 Å². The van der Waals surface area contributed by atoms with Gasteiger partial charge in [0, 0.05) is 29.5 Å². The summed E-state index contributed by atoms with van der Waals surface area (Å²) in [5.74, 6) is -0.663. The van der Waals surface area contributed by atoms with Gasteiger partial charge in [0.25, 0.3) is 11.7 Å². The molecule has 3 aromatic rings. The van der Waals surface area contributed by atoms with Crippen LogP contribution in [0.25, 0.3) is 5.76 Å². The molecule has 36 heavy (non-hydrogen) atoms. The number of nitrogens with zero attached hydrogens (tertiary/aromatic N) is 2. The summed E-state index contributed by atoms with van der Waals surface area (Å²) in [6, 6.07) is 14.5. The van der Waals surface area contributed by atoms with Crippen LogP contribution >= 0.6 is 11.6 Å². The minimum Gasteiger partial charge on any atom is -0.507 e. The molecule has 0 saturated carbocycles. The molecule has 0 aliphatic carbocycles. The van der Waals surface area contributed by atoms with Gasteiger partial charge in [-0.25, -0.2) is 0 Å². The molecule has 2 aromatic carbocycles. The number of benzene rings is 2. The number of aromatic nitrogens is 1. The van der Waals surface area contributed by atoms with Crippen LogP contribution in [-0.2, 0) is 16.1 Å². The SMILES string of the molecule is CCCOc1ccc(C2C(=C(O)c3ccc(Cl)cc3)C(=O)C(=O)N2Cc2cccnc2)cc1OCC. The van der Waals surface area contributed by atoms with Crippen LogP contribution in [0.3, 0.4) is 0 Å². The predicted molar refractivity (Wildman–Crippen MR) is 137 cm³/mol. The zero-order valence-corrected chi connectivity index (χ0v) is 20.9. The highest BCUT2D eigenvalue weighted by Crippen LogP contribution is 2.42. The van der Waals surface area contributed by atoms with E-state index < -0.39 is 17.7 Å². The molecule has 0 spiro atoms. The van der Waals surface area contributed by atoms with E-state index in [1.807, 2.05) is 19.9 Å². The van der Waals surface area contributed by atoms with Crippen molar-refractivity contribution in [3.8, 4) is 11.5 Å². The van der Waals surface area contributed by atoms with Crippen LogP contribution < -0.4 is 9.47 Å². The second-order valence-electron chi connectivity index (χ2n) is 8.28. The van der Waals surface area contributed by atoms with Crippen LogP contribution in [-0.4, -0.2) is 39.9 Å². The summed E-state index contributed by atoms with van der Waals surface area (Å²) in [5, 5.41) is 11.7. The number of pyridine rings is 1. The Balaban J connectivity index is 1.86. The van der Waals surface area contributed by atoms with E-state index in [1.54, 1.807) is 60.9 Å². The predicted octanol–water partition coefficient (Wildman–Crippen LogP) is 5.54. The number of amides is 1. The van der Waals surface area contributed by atoms with Gasteiger partial charge < -0.3 is 19.5 Å². The molecule has 0 radical (unpaired) electrons. The number of ketones is 1.